The summed E-state index contributed by atoms with van der Waals surface area (Å²) in [5.41, 5.74) is 5.36. The molecular formula is C58H77N3O6. The van der Waals surface area contributed by atoms with Crippen LogP contribution in [0.3, 0.4) is 0 Å². The van der Waals surface area contributed by atoms with Crippen LogP contribution in [0.4, 0.5) is 4.79 Å². The zero-order chi connectivity index (χ0) is 48.5. The summed E-state index contributed by atoms with van der Waals surface area (Å²) in [6.07, 6.45) is 13.1. The molecule has 9 rings (SSSR count). The number of hydrogen-bond acceptors (Lipinski definition) is 7. The summed E-state index contributed by atoms with van der Waals surface area (Å²) in [7, 11) is 0. The Bertz CT molecular complexity index is 2390. The lowest BCUT2D eigenvalue weighted by atomic mass is 9.33. The average Bonchev–Trinajstić information content (AvgIpc) is 3.88. The third kappa shape index (κ3) is 8.01. The number of aliphatic imine (C=N–C) groups is 1. The number of urea groups is 1. The molecule has 9 nitrogen and oxygen atoms in total. The van der Waals surface area contributed by atoms with Crippen LogP contribution in [0.2, 0.25) is 0 Å². The van der Waals surface area contributed by atoms with E-state index < -0.39 is 11.1 Å². The first-order chi connectivity index (χ1) is 31.5. The van der Waals surface area contributed by atoms with Gasteiger partial charge < -0.3 is 15.4 Å². The zero-order valence-corrected chi connectivity index (χ0v) is 42.3. The van der Waals surface area contributed by atoms with Crippen LogP contribution in [0.15, 0.2) is 83.0 Å². The number of Topliss-reactive ketones (excluding diaryl/α,β-unsaturated/α-hetero) is 1. The van der Waals surface area contributed by atoms with Gasteiger partial charge in [0, 0.05) is 30.2 Å². The number of nitrogens with zero attached hydrogens (tertiary/aromatic N) is 1. The molecule has 0 bridgehead atoms. The molecule has 7 aliphatic rings. The van der Waals surface area contributed by atoms with Crippen molar-refractivity contribution in [3.05, 3.63) is 89.1 Å². The molecule has 2 aromatic carbocycles. The van der Waals surface area contributed by atoms with Gasteiger partial charge in [-0.2, -0.15) is 9.59 Å². The van der Waals surface area contributed by atoms with Crippen molar-refractivity contribution in [2.45, 2.75) is 170 Å². The molecule has 0 aromatic heterocycles. The predicted molar refractivity (Wildman–Crippen MR) is 262 cm³/mol. The first-order valence-electron chi connectivity index (χ1n) is 25.4. The molecule has 10 atom stereocenters. The summed E-state index contributed by atoms with van der Waals surface area (Å²) in [6.45, 7) is 25.5. The lowest BCUT2D eigenvalue weighted by Crippen LogP contribution is -2.68. The number of rotatable bonds is 9. The maximum absolute atomic E-state index is 14.4. The van der Waals surface area contributed by atoms with E-state index in [9.17, 15) is 14.4 Å². The molecule has 5 saturated carbocycles. The standard InChI is InChI=1S/C57H77N3O4.CO2/c1-35(2)47-42(61)33-57(60-50(63)59-53(7,8)45-31-38(34-58-45)37-20-16-13-17-21-37)29-28-55(10)40(48(47)57)22-23-44-54(9)26-25-46(52(5,6)43(54)24-27-56(44,55)11)64-49(62)41-32-39(51(41,3)4)30-36-18-14-12-15-19-36;2-1-3/h12-21,34-35,39-41,43-44,46H,22-33H2,1-11H3,(H2,59,60,63);/t39-,40-,41-,43+,44-,46+,54+,55-,56-,57-;/m1./s1. The second-order valence-electron chi connectivity index (χ2n) is 24.6. The number of amides is 2. The molecule has 2 N–H and O–H groups in total. The summed E-state index contributed by atoms with van der Waals surface area (Å²) in [5.74, 6) is 1.92. The van der Waals surface area contributed by atoms with Gasteiger partial charge in [-0.1, -0.05) is 123 Å². The fourth-order valence-corrected chi connectivity index (χ4v) is 16.1. The Balaban J connectivity index is 0.00000198. The summed E-state index contributed by atoms with van der Waals surface area (Å²) in [4.78, 5) is 63.8. The molecule has 360 valence electrons. The lowest BCUT2D eigenvalue weighted by Gasteiger charge is -2.72. The molecule has 67 heavy (non-hydrogen) atoms. The Hall–Kier alpha value is -4.62. The van der Waals surface area contributed by atoms with Crippen LogP contribution in [-0.4, -0.2) is 46.8 Å². The highest BCUT2D eigenvalue weighted by atomic mass is 16.5. The van der Waals surface area contributed by atoms with E-state index in [1.807, 2.05) is 38.2 Å². The summed E-state index contributed by atoms with van der Waals surface area (Å²) < 4.78 is 6.70. The molecule has 5 fully saturated rings. The van der Waals surface area contributed by atoms with Gasteiger partial charge in [-0.25, -0.2) is 4.79 Å². The van der Waals surface area contributed by atoms with Crippen molar-refractivity contribution in [2.24, 2.45) is 67.6 Å². The first-order valence-corrected chi connectivity index (χ1v) is 25.4. The van der Waals surface area contributed by atoms with Gasteiger partial charge in [0.2, 0.25) is 0 Å². The van der Waals surface area contributed by atoms with Crippen molar-refractivity contribution in [2.75, 3.05) is 0 Å². The van der Waals surface area contributed by atoms with E-state index in [0.29, 0.717) is 30.6 Å². The maximum Gasteiger partial charge on any atom is 0.373 e. The van der Waals surface area contributed by atoms with Crippen LogP contribution in [-0.2, 0) is 30.3 Å². The van der Waals surface area contributed by atoms with Crippen LogP contribution in [0.5, 0.6) is 0 Å². The van der Waals surface area contributed by atoms with Gasteiger partial charge in [-0.05, 0) is 157 Å². The van der Waals surface area contributed by atoms with Crippen LogP contribution in [0.25, 0.3) is 5.57 Å². The number of allylic oxidation sites excluding steroid dienone is 2. The van der Waals surface area contributed by atoms with Gasteiger partial charge in [0.05, 0.1) is 17.0 Å². The first kappa shape index (κ1) is 48.8. The third-order valence-corrected chi connectivity index (χ3v) is 20.1. The highest BCUT2D eigenvalue weighted by Gasteiger charge is 2.70. The van der Waals surface area contributed by atoms with Crippen molar-refractivity contribution in [1.29, 1.82) is 0 Å². The highest BCUT2D eigenvalue weighted by molar-refractivity contribution is 6.06. The molecular weight excluding hydrogens is 835 g/mol. The van der Waals surface area contributed by atoms with Crippen molar-refractivity contribution in [3.63, 3.8) is 0 Å². The Kier molecular flexibility index (Phi) is 12.7. The van der Waals surface area contributed by atoms with Crippen molar-refractivity contribution < 1.29 is 28.7 Å². The maximum atomic E-state index is 14.4. The molecule has 0 saturated heterocycles. The minimum absolute atomic E-state index is 0.0167. The number of esters is 1. The molecule has 2 aromatic rings. The van der Waals surface area contributed by atoms with E-state index in [-0.39, 0.29) is 74.9 Å². The summed E-state index contributed by atoms with van der Waals surface area (Å²) in [6, 6.07) is 20.8. The van der Waals surface area contributed by atoms with E-state index in [4.69, 9.17) is 19.3 Å². The van der Waals surface area contributed by atoms with Crippen LogP contribution in [0, 0.1) is 62.6 Å². The summed E-state index contributed by atoms with van der Waals surface area (Å²) in [5, 5.41) is 6.87. The Morgan fingerprint density at radius 2 is 1.48 bits per heavy atom. The SMILES string of the molecule is CC(C)C1=C2[C@H]3CC[C@@H]4[C@@]5(C)CC[C@H](OC(=O)[C@H]6C[C@@H](Cc7ccccc7)C6(C)C)C(C)(C)[C@@H]5CC[C@@]4(C)[C@]3(C)CC[C@@]2(NC(=O)NC(C)(C)C2=NC=C(c3ccccc3)C2)CC1=O.O=C=O. The van der Waals surface area contributed by atoms with Crippen molar-refractivity contribution in [3.8, 4) is 0 Å². The summed E-state index contributed by atoms with van der Waals surface area (Å²) >= 11 is 0. The van der Waals surface area contributed by atoms with Gasteiger partial charge in [0.15, 0.2) is 5.78 Å². The Labute approximate surface area is 400 Å². The molecule has 0 spiro atoms. The number of fused-ring (bicyclic) bond motifs is 7. The number of carbonyl (C=O) groups is 3. The van der Waals surface area contributed by atoms with E-state index in [2.05, 4.69) is 115 Å². The lowest BCUT2D eigenvalue weighted by molar-refractivity contribution is -0.235. The largest absolute Gasteiger partial charge is 0.462 e. The van der Waals surface area contributed by atoms with Crippen molar-refractivity contribution >= 4 is 35.2 Å². The number of nitrogens with one attached hydrogen (secondary N) is 2. The molecule has 6 aliphatic carbocycles. The molecule has 0 unspecified atom stereocenters. The molecule has 2 amide bonds. The van der Waals surface area contributed by atoms with E-state index in [0.717, 1.165) is 86.6 Å². The number of benzene rings is 2. The Morgan fingerprint density at radius 3 is 2.12 bits per heavy atom. The highest BCUT2D eigenvalue weighted by Crippen LogP contribution is 2.76. The normalized spacial score (nSPS) is 35.7. The second kappa shape index (κ2) is 17.4. The Morgan fingerprint density at radius 1 is 0.821 bits per heavy atom. The number of carbonyl (C=O) groups excluding carboxylic acids is 5. The van der Waals surface area contributed by atoms with Gasteiger partial charge in [0.1, 0.15) is 6.10 Å². The van der Waals surface area contributed by atoms with Gasteiger partial charge in [-0.15, -0.1) is 0 Å². The third-order valence-electron chi connectivity index (χ3n) is 20.1. The zero-order valence-electron chi connectivity index (χ0n) is 42.3. The van der Waals surface area contributed by atoms with E-state index in [1.54, 1.807) is 0 Å². The number of ketones is 1. The predicted octanol–water partition coefficient (Wildman–Crippen LogP) is 11.9. The topological polar surface area (TPSA) is 131 Å². The molecule has 9 heteroatoms. The number of hydrogen-bond donors (Lipinski definition) is 2. The van der Waals surface area contributed by atoms with E-state index in [1.165, 1.54) is 11.1 Å². The average molecular weight is 912 g/mol. The second-order valence-corrected chi connectivity index (χ2v) is 24.6. The minimum atomic E-state index is -0.684. The van der Waals surface area contributed by atoms with Crippen LogP contribution < -0.4 is 10.6 Å². The fourth-order valence-electron chi connectivity index (χ4n) is 16.1. The molecule has 1 heterocycles. The van der Waals surface area contributed by atoms with Gasteiger partial charge >= 0.3 is 18.2 Å². The molecule has 1 aliphatic heterocycles. The number of ether oxygens (including phenoxy) is 1. The fraction of sp³-hybridized carbons (Fsp3) is 0.638. The molecule has 0 radical (unpaired) electrons. The van der Waals surface area contributed by atoms with Gasteiger partial charge in [0.25, 0.3) is 0 Å². The van der Waals surface area contributed by atoms with Crippen molar-refractivity contribution in [1.82, 2.24) is 10.6 Å². The van der Waals surface area contributed by atoms with Crippen LogP contribution in [0.1, 0.15) is 158 Å². The van der Waals surface area contributed by atoms with E-state index >= 15 is 0 Å². The minimum Gasteiger partial charge on any atom is -0.462 e. The monoisotopic (exact) mass is 912 g/mol. The van der Waals surface area contributed by atoms with Crippen LogP contribution >= 0.6 is 0 Å². The smallest absolute Gasteiger partial charge is 0.373 e. The quantitative estimate of drug-likeness (QED) is 0.241. The van der Waals surface area contributed by atoms with Gasteiger partial charge in [-0.3, -0.25) is 14.6 Å².